The number of hydrogen-bond donors (Lipinski definition) is 0. The standard InChI is InChI=1S/C18H14F6N2O/c1-9(2)4-14-10(3)26(16(27)15(14)8-25)13-6-11(17(19,20)21)5-12(7-13)18(22,23)24/h5-7,9H,3-4H2,1-2H3. The summed E-state index contributed by atoms with van der Waals surface area (Å²) in [5.41, 5.74) is -3.97. The number of nitrogens with zero attached hydrogens (tertiary/aromatic N) is 2. The van der Waals surface area contributed by atoms with Gasteiger partial charge in [0.1, 0.15) is 11.6 Å². The monoisotopic (exact) mass is 388 g/mol. The second kappa shape index (κ2) is 6.76. The first-order valence-electron chi connectivity index (χ1n) is 7.73. The molecule has 1 aromatic rings. The molecule has 1 amide bonds. The molecule has 0 bridgehead atoms. The molecule has 9 heteroatoms. The zero-order chi connectivity index (χ0) is 20.7. The highest BCUT2D eigenvalue weighted by Gasteiger charge is 2.40. The highest BCUT2D eigenvalue weighted by atomic mass is 19.4. The van der Waals surface area contributed by atoms with E-state index in [0.717, 1.165) is 0 Å². The van der Waals surface area contributed by atoms with E-state index in [0.29, 0.717) is 17.0 Å². The summed E-state index contributed by atoms with van der Waals surface area (Å²) in [5.74, 6) is -1.01. The van der Waals surface area contributed by atoms with Crippen molar-refractivity contribution in [2.24, 2.45) is 5.92 Å². The predicted molar refractivity (Wildman–Crippen MR) is 85.2 cm³/mol. The number of alkyl halides is 6. The number of anilines is 1. The van der Waals surface area contributed by atoms with Crippen LogP contribution in [0.5, 0.6) is 0 Å². The first kappa shape index (κ1) is 20.6. The second-order valence-corrected chi connectivity index (χ2v) is 6.41. The zero-order valence-electron chi connectivity index (χ0n) is 14.3. The average Bonchev–Trinajstić information content (AvgIpc) is 2.75. The number of benzene rings is 1. The van der Waals surface area contributed by atoms with Gasteiger partial charge in [-0.15, -0.1) is 0 Å². The van der Waals surface area contributed by atoms with Crippen molar-refractivity contribution in [1.82, 2.24) is 0 Å². The van der Waals surface area contributed by atoms with Crippen molar-refractivity contribution in [2.45, 2.75) is 32.6 Å². The van der Waals surface area contributed by atoms with E-state index < -0.39 is 35.1 Å². The summed E-state index contributed by atoms with van der Waals surface area (Å²) in [4.78, 5) is 13.1. The topological polar surface area (TPSA) is 44.1 Å². The molecule has 0 fully saturated rings. The smallest absolute Gasteiger partial charge is 0.277 e. The molecule has 27 heavy (non-hydrogen) atoms. The molecule has 0 saturated heterocycles. The van der Waals surface area contributed by atoms with Gasteiger partial charge in [-0.3, -0.25) is 9.69 Å². The minimum Gasteiger partial charge on any atom is -0.277 e. The molecule has 1 heterocycles. The van der Waals surface area contributed by atoms with E-state index in [2.05, 4.69) is 6.58 Å². The lowest BCUT2D eigenvalue weighted by Crippen LogP contribution is -2.26. The molecule has 3 nitrogen and oxygen atoms in total. The average molecular weight is 388 g/mol. The first-order valence-corrected chi connectivity index (χ1v) is 7.73. The van der Waals surface area contributed by atoms with Crippen LogP contribution in [-0.4, -0.2) is 5.91 Å². The molecule has 0 radical (unpaired) electrons. The van der Waals surface area contributed by atoms with Gasteiger partial charge in [-0.25, -0.2) is 0 Å². The van der Waals surface area contributed by atoms with Crippen LogP contribution in [0.4, 0.5) is 32.0 Å². The minimum atomic E-state index is -5.05. The molecule has 0 saturated carbocycles. The normalized spacial score (nSPS) is 15.8. The maximum atomic E-state index is 13.1. The molecule has 144 valence electrons. The summed E-state index contributed by atoms with van der Waals surface area (Å²) in [5, 5.41) is 9.21. The molecule has 1 aliphatic rings. The fraction of sp³-hybridized carbons (Fsp3) is 0.333. The maximum Gasteiger partial charge on any atom is 0.416 e. The number of carbonyl (C=O) groups is 1. The number of allylic oxidation sites excluding steroid dienone is 1. The third-order valence-corrected chi connectivity index (χ3v) is 3.89. The van der Waals surface area contributed by atoms with Crippen LogP contribution in [-0.2, 0) is 17.1 Å². The Morgan fingerprint density at radius 3 is 1.93 bits per heavy atom. The van der Waals surface area contributed by atoms with Crippen LogP contribution in [0.3, 0.4) is 0 Å². The molecule has 0 aliphatic carbocycles. The van der Waals surface area contributed by atoms with Crippen LogP contribution < -0.4 is 4.90 Å². The third-order valence-electron chi connectivity index (χ3n) is 3.89. The van der Waals surface area contributed by atoms with Gasteiger partial charge in [0.2, 0.25) is 0 Å². The minimum absolute atomic E-state index is 0.0138. The van der Waals surface area contributed by atoms with Crippen LogP contribution in [0, 0.1) is 17.2 Å². The van der Waals surface area contributed by atoms with Crippen molar-refractivity contribution >= 4 is 11.6 Å². The van der Waals surface area contributed by atoms with E-state index in [1.54, 1.807) is 19.9 Å². The lowest BCUT2D eigenvalue weighted by atomic mass is 9.99. The molecule has 0 N–H and O–H groups in total. The Hall–Kier alpha value is -2.76. The van der Waals surface area contributed by atoms with Crippen LogP contribution in [0.15, 0.2) is 41.6 Å². The van der Waals surface area contributed by atoms with Gasteiger partial charge in [0.25, 0.3) is 5.91 Å². The lowest BCUT2D eigenvalue weighted by molar-refractivity contribution is -0.143. The fourth-order valence-electron chi connectivity index (χ4n) is 2.73. The summed E-state index contributed by atoms with van der Waals surface area (Å²) in [6.07, 6.45) is -9.87. The number of rotatable bonds is 3. The highest BCUT2D eigenvalue weighted by molar-refractivity contribution is 6.15. The van der Waals surface area contributed by atoms with Crippen LogP contribution in [0.2, 0.25) is 0 Å². The van der Waals surface area contributed by atoms with E-state index in [1.807, 2.05) is 0 Å². The van der Waals surface area contributed by atoms with E-state index in [-0.39, 0.29) is 35.2 Å². The van der Waals surface area contributed by atoms with Gasteiger partial charge >= 0.3 is 12.4 Å². The SMILES string of the molecule is C=C1C(CC(C)C)=C(C#N)C(=O)N1c1cc(C(F)(F)F)cc(C(F)(F)F)c1. The number of halogens is 6. The van der Waals surface area contributed by atoms with E-state index in [1.165, 1.54) is 0 Å². The molecule has 0 spiro atoms. The van der Waals surface area contributed by atoms with Gasteiger partial charge in [-0.2, -0.15) is 31.6 Å². The number of hydrogen-bond acceptors (Lipinski definition) is 2. The molecule has 0 unspecified atom stereocenters. The number of amides is 1. The van der Waals surface area contributed by atoms with Gasteiger partial charge in [0.15, 0.2) is 0 Å². The van der Waals surface area contributed by atoms with Gasteiger partial charge in [-0.05, 0) is 36.1 Å². The van der Waals surface area contributed by atoms with Crippen molar-refractivity contribution < 1.29 is 31.1 Å². The van der Waals surface area contributed by atoms with E-state index in [4.69, 9.17) is 0 Å². The van der Waals surface area contributed by atoms with Crippen molar-refractivity contribution in [2.75, 3.05) is 4.90 Å². The molecular weight excluding hydrogens is 374 g/mol. The van der Waals surface area contributed by atoms with Gasteiger partial charge in [0, 0.05) is 5.70 Å². The summed E-state index contributed by atoms with van der Waals surface area (Å²) < 4.78 is 78.3. The Bertz CT molecular complexity index is 839. The number of nitriles is 1. The molecule has 2 rings (SSSR count). The predicted octanol–water partition coefficient (Wildman–Crippen LogP) is 5.45. The Kier molecular flexibility index (Phi) is 5.14. The summed E-state index contributed by atoms with van der Waals surface area (Å²) >= 11 is 0. The van der Waals surface area contributed by atoms with Crippen molar-refractivity contribution in [3.05, 3.63) is 52.7 Å². The quantitative estimate of drug-likeness (QED) is 0.647. The van der Waals surface area contributed by atoms with Crippen LogP contribution in [0.1, 0.15) is 31.4 Å². The van der Waals surface area contributed by atoms with Crippen LogP contribution in [0.25, 0.3) is 0 Å². The molecule has 1 aliphatic heterocycles. The van der Waals surface area contributed by atoms with Gasteiger partial charge < -0.3 is 0 Å². The number of carbonyl (C=O) groups excluding carboxylic acids is 1. The third kappa shape index (κ3) is 3.99. The first-order chi connectivity index (χ1) is 12.3. The second-order valence-electron chi connectivity index (χ2n) is 6.41. The van der Waals surface area contributed by atoms with Gasteiger partial charge in [0.05, 0.1) is 16.8 Å². The van der Waals surface area contributed by atoms with Crippen molar-refractivity contribution in [3.8, 4) is 6.07 Å². The highest BCUT2D eigenvalue weighted by Crippen LogP contribution is 2.42. The summed E-state index contributed by atoms with van der Waals surface area (Å²) in [6.45, 7) is 7.18. The molecule has 0 aromatic heterocycles. The van der Waals surface area contributed by atoms with E-state index in [9.17, 15) is 36.4 Å². The molecular formula is C18H14F6N2O. The van der Waals surface area contributed by atoms with Crippen LogP contribution >= 0.6 is 0 Å². The zero-order valence-corrected chi connectivity index (χ0v) is 14.3. The fourth-order valence-corrected chi connectivity index (χ4v) is 2.73. The molecule has 1 aromatic carbocycles. The summed E-state index contributed by atoms with van der Waals surface area (Å²) in [6, 6.07) is 2.52. The Balaban J connectivity index is 2.64. The maximum absolute atomic E-state index is 13.1. The van der Waals surface area contributed by atoms with Gasteiger partial charge in [-0.1, -0.05) is 20.4 Å². The Labute approximate surface area is 151 Å². The summed E-state index contributed by atoms with van der Waals surface area (Å²) in [7, 11) is 0. The Morgan fingerprint density at radius 1 is 1.07 bits per heavy atom. The largest absolute Gasteiger partial charge is 0.416 e. The van der Waals surface area contributed by atoms with Crippen molar-refractivity contribution in [3.63, 3.8) is 0 Å². The Morgan fingerprint density at radius 2 is 1.56 bits per heavy atom. The molecule has 0 atom stereocenters. The lowest BCUT2D eigenvalue weighted by Gasteiger charge is -2.22. The van der Waals surface area contributed by atoms with E-state index >= 15 is 0 Å². The van der Waals surface area contributed by atoms with Crippen molar-refractivity contribution in [1.29, 1.82) is 5.26 Å².